The van der Waals surface area contributed by atoms with Gasteiger partial charge in [-0.15, -0.1) is 0 Å². The first-order valence-corrected chi connectivity index (χ1v) is 2.41. The summed E-state index contributed by atoms with van der Waals surface area (Å²) < 4.78 is 0. The van der Waals surface area contributed by atoms with Gasteiger partial charge >= 0.3 is 19.5 Å². The topological polar surface area (TPSA) is 0 Å². The van der Waals surface area contributed by atoms with Gasteiger partial charge in [-0.05, 0) is 0 Å². The van der Waals surface area contributed by atoms with Gasteiger partial charge < -0.3 is 0 Å². The normalized spacial score (nSPS) is 5.56. The summed E-state index contributed by atoms with van der Waals surface area (Å²) in [6.45, 7) is 17.5. The van der Waals surface area contributed by atoms with Crippen LogP contribution in [0.2, 0.25) is 0 Å². The van der Waals surface area contributed by atoms with Crippen LogP contribution in [-0.2, 0) is 19.5 Å². The van der Waals surface area contributed by atoms with E-state index in [-0.39, 0.29) is 19.5 Å². The molecule has 0 atom stereocenters. The average Bonchev–Trinajstić information content (AvgIpc) is 1.25. The third kappa shape index (κ3) is 10900. The number of rotatable bonds is 0. The Kier molecular flexibility index (Phi) is 19.0. The van der Waals surface area contributed by atoms with Crippen molar-refractivity contribution in [1.29, 1.82) is 0 Å². The molecule has 0 saturated carbocycles. The summed E-state index contributed by atoms with van der Waals surface area (Å²) in [6.07, 6.45) is 0. The molecular weight excluding hydrogens is 199 g/mol. The van der Waals surface area contributed by atoms with E-state index in [9.17, 15) is 0 Å². The fraction of sp³-hybridized carbons (Fsp3) is 0.250. The molecule has 0 aliphatic carbocycles. The van der Waals surface area contributed by atoms with Crippen molar-refractivity contribution in [3.63, 3.8) is 0 Å². The Hall–Kier alpha value is -0.157. The minimum absolute atomic E-state index is 0. The van der Waals surface area contributed by atoms with Gasteiger partial charge in [0.25, 0.3) is 0 Å². The predicted molar refractivity (Wildman–Crippen MR) is 40.3 cm³/mol. The molecule has 1 radical (unpaired) electrons. The molecule has 55 valence electrons. The molecule has 0 unspecified atom stereocenters. The van der Waals surface area contributed by atoms with E-state index in [0.29, 0.717) is 0 Å². The second-order valence-electron chi connectivity index (χ2n) is 1.91. The molecular formula is C8H14Rh. The molecule has 0 aromatic rings. The Bertz CT molecular complexity index is 62.6. The third-order valence-corrected chi connectivity index (χ3v) is 0. The molecule has 0 rings (SSSR count). The van der Waals surface area contributed by atoms with Crippen molar-refractivity contribution < 1.29 is 19.5 Å². The average molecular weight is 213 g/mol. The molecule has 0 saturated heterocycles. The summed E-state index contributed by atoms with van der Waals surface area (Å²) in [5.74, 6) is 0. The van der Waals surface area contributed by atoms with E-state index < -0.39 is 0 Å². The van der Waals surface area contributed by atoms with E-state index >= 15 is 0 Å². The maximum absolute atomic E-state index is 3.44. The van der Waals surface area contributed by atoms with Crippen LogP contribution in [0.15, 0.2) is 24.3 Å². The van der Waals surface area contributed by atoms with Gasteiger partial charge in [-0.3, -0.25) is 0 Å². The SMILES string of the molecule is C=C([CH2-])C.C=C([CH2-])C.[Rh+2]. The monoisotopic (exact) mass is 213 g/mol. The summed E-state index contributed by atoms with van der Waals surface area (Å²) in [7, 11) is 0. The van der Waals surface area contributed by atoms with E-state index in [0.717, 1.165) is 11.1 Å². The molecule has 0 heterocycles. The standard InChI is InChI=1S/2C4H7.Rh/c2*1-4(2)3;/h2*1-2H2,3H3;/q2*-1;+2. The van der Waals surface area contributed by atoms with Gasteiger partial charge in [0, 0.05) is 0 Å². The smallest absolute Gasteiger partial charge is 0.242 e. The van der Waals surface area contributed by atoms with E-state index in [1.807, 2.05) is 13.8 Å². The van der Waals surface area contributed by atoms with Gasteiger partial charge in [-0.2, -0.15) is 0 Å². The van der Waals surface area contributed by atoms with Gasteiger partial charge in [0.2, 0.25) is 0 Å². The maximum Gasteiger partial charge on any atom is 2.00 e. The van der Waals surface area contributed by atoms with Crippen LogP contribution in [0.3, 0.4) is 0 Å². The minimum atomic E-state index is 0. The van der Waals surface area contributed by atoms with Crippen molar-refractivity contribution in [2.24, 2.45) is 0 Å². The zero-order chi connectivity index (χ0) is 7.15. The van der Waals surface area contributed by atoms with E-state index in [1.165, 1.54) is 0 Å². The van der Waals surface area contributed by atoms with Crippen LogP contribution < -0.4 is 0 Å². The van der Waals surface area contributed by atoms with Crippen molar-refractivity contribution in [2.45, 2.75) is 13.8 Å². The molecule has 0 nitrogen and oxygen atoms in total. The first kappa shape index (κ1) is 15.9. The molecule has 9 heavy (non-hydrogen) atoms. The second kappa shape index (κ2) is 10.8. The van der Waals surface area contributed by atoms with Crippen LogP contribution in [-0.4, -0.2) is 0 Å². The molecule has 0 amide bonds. The Balaban J connectivity index is -0.0000000720. The molecule has 0 aliphatic rings. The van der Waals surface area contributed by atoms with Gasteiger partial charge in [0.1, 0.15) is 0 Å². The van der Waals surface area contributed by atoms with Crippen molar-refractivity contribution in [1.82, 2.24) is 0 Å². The Morgan fingerprint density at radius 2 is 1.00 bits per heavy atom. The van der Waals surface area contributed by atoms with Crippen LogP contribution in [0.25, 0.3) is 0 Å². The van der Waals surface area contributed by atoms with E-state index in [1.54, 1.807) is 0 Å². The molecule has 0 aromatic heterocycles. The molecule has 0 spiro atoms. The minimum Gasteiger partial charge on any atom is -0.242 e. The summed E-state index contributed by atoms with van der Waals surface area (Å²) in [4.78, 5) is 0. The van der Waals surface area contributed by atoms with E-state index in [2.05, 4.69) is 27.0 Å². The van der Waals surface area contributed by atoms with Crippen LogP contribution in [0.4, 0.5) is 0 Å². The van der Waals surface area contributed by atoms with Crippen LogP contribution >= 0.6 is 0 Å². The molecule has 0 fully saturated rings. The second-order valence-corrected chi connectivity index (χ2v) is 1.91. The van der Waals surface area contributed by atoms with Crippen molar-refractivity contribution >= 4 is 0 Å². The summed E-state index contributed by atoms with van der Waals surface area (Å²) in [5.41, 5.74) is 1.83. The quantitative estimate of drug-likeness (QED) is 0.428. The summed E-state index contributed by atoms with van der Waals surface area (Å²) >= 11 is 0. The zero-order valence-corrected chi connectivity index (χ0v) is 7.80. The molecule has 0 aliphatic heterocycles. The van der Waals surface area contributed by atoms with Gasteiger partial charge in [0.05, 0.1) is 0 Å². The summed E-state index contributed by atoms with van der Waals surface area (Å²) in [5, 5.41) is 0. The summed E-state index contributed by atoms with van der Waals surface area (Å²) in [6, 6.07) is 0. The number of hydrogen-bond acceptors (Lipinski definition) is 0. The Labute approximate surface area is 71.8 Å². The first-order chi connectivity index (χ1) is 3.46. The fourth-order valence-electron chi connectivity index (χ4n) is 0. The number of hydrogen-bond donors (Lipinski definition) is 0. The third-order valence-electron chi connectivity index (χ3n) is 0. The van der Waals surface area contributed by atoms with Gasteiger partial charge in [-0.1, -0.05) is 13.8 Å². The van der Waals surface area contributed by atoms with Gasteiger partial charge in [0.15, 0.2) is 0 Å². The van der Waals surface area contributed by atoms with Crippen LogP contribution in [0.5, 0.6) is 0 Å². The first-order valence-electron chi connectivity index (χ1n) is 2.41. The molecule has 0 bridgehead atoms. The molecule has 0 aromatic carbocycles. The Morgan fingerprint density at radius 1 is 1.00 bits per heavy atom. The fourth-order valence-corrected chi connectivity index (χ4v) is 0. The van der Waals surface area contributed by atoms with Gasteiger partial charge in [-0.25, -0.2) is 38.2 Å². The number of allylic oxidation sites excluding steroid dienone is 2. The van der Waals surface area contributed by atoms with E-state index in [4.69, 9.17) is 0 Å². The van der Waals surface area contributed by atoms with Crippen molar-refractivity contribution in [3.8, 4) is 0 Å². The molecule has 0 N–H and O–H groups in total. The van der Waals surface area contributed by atoms with Crippen LogP contribution in [0.1, 0.15) is 13.8 Å². The van der Waals surface area contributed by atoms with Crippen molar-refractivity contribution in [3.05, 3.63) is 38.2 Å². The Morgan fingerprint density at radius 3 is 1.00 bits per heavy atom. The zero-order valence-electron chi connectivity index (χ0n) is 6.16. The predicted octanol–water partition coefficient (Wildman–Crippen LogP) is 2.79. The van der Waals surface area contributed by atoms with Crippen molar-refractivity contribution in [2.75, 3.05) is 0 Å². The maximum atomic E-state index is 3.44. The van der Waals surface area contributed by atoms with Crippen LogP contribution in [0, 0.1) is 13.8 Å². The largest absolute Gasteiger partial charge is 2.00 e. The molecule has 1 heteroatoms.